The van der Waals surface area contributed by atoms with Crippen molar-refractivity contribution in [2.45, 2.75) is 38.6 Å². The summed E-state index contributed by atoms with van der Waals surface area (Å²) in [5.41, 5.74) is 2.03. The van der Waals surface area contributed by atoms with E-state index < -0.39 is 11.6 Å². The van der Waals surface area contributed by atoms with Crippen LogP contribution in [0.5, 0.6) is 0 Å². The maximum absolute atomic E-state index is 13.3. The van der Waals surface area contributed by atoms with E-state index in [4.69, 9.17) is 0 Å². The van der Waals surface area contributed by atoms with Gasteiger partial charge in [0.25, 0.3) is 0 Å². The molecule has 0 saturated carbocycles. The fourth-order valence-electron chi connectivity index (χ4n) is 2.27. The van der Waals surface area contributed by atoms with Gasteiger partial charge in [-0.3, -0.25) is 0 Å². The maximum Gasteiger partial charge on any atom is 0.130 e. The first-order valence-electron chi connectivity index (χ1n) is 6.58. The maximum atomic E-state index is 13.3. The van der Waals surface area contributed by atoms with E-state index in [1.165, 1.54) is 43.4 Å². The van der Waals surface area contributed by atoms with E-state index in [0.717, 1.165) is 19.0 Å². The molecule has 0 saturated heterocycles. The van der Waals surface area contributed by atoms with Crippen LogP contribution in [0.15, 0.2) is 29.8 Å². The van der Waals surface area contributed by atoms with Crippen molar-refractivity contribution in [1.82, 2.24) is 5.32 Å². The second kappa shape index (κ2) is 6.64. The number of halogens is 2. The minimum Gasteiger partial charge on any atom is -0.312 e. The van der Waals surface area contributed by atoms with Gasteiger partial charge < -0.3 is 5.32 Å². The molecule has 0 radical (unpaired) electrons. The molecule has 2 rings (SSSR count). The average molecular weight is 251 g/mol. The number of allylic oxidation sites excluding steroid dienone is 1. The first-order valence-corrected chi connectivity index (χ1v) is 6.58. The Morgan fingerprint density at radius 2 is 2.06 bits per heavy atom. The number of rotatable bonds is 5. The second-order valence-electron chi connectivity index (χ2n) is 4.77. The minimum absolute atomic E-state index is 0.458. The van der Waals surface area contributed by atoms with Crippen LogP contribution in [0.4, 0.5) is 8.78 Å². The fraction of sp³-hybridized carbons (Fsp3) is 0.467. The fourth-order valence-corrected chi connectivity index (χ4v) is 2.27. The van der Waals surface area contributed by atoms with Crippen molar-refractivity contribution >= 4 is 0 Å². The van der Waals surface area contributed by atoms with Crippen LogP contribution in [0.25, 0.3) is 0 Å². The standard InChI is InChI=1S/C15H19F2N/c16-14-7-6-13(15(17)10-14)11-18-9-8-12-4-2-1-3-5-12/h4,6-7,10,18H,1-3,5,8-9,11H2. The molecule has 1 aromatic rings. The van der Waals surface area contributed by atoms with Crippen LogP contribution in [-0.4, -0.2) is 6.54 Å². The highest BCUT2D eigenvalue weighted by Gasteiger charge is 2.05. The SMILES string of the molecule is Fc1ccc(CNCCC2=CCCCC2)c(F)c1. The summed E-state index contributed by atoms with van der Waals surface area (Å²) in [6.07, 6.45) is 8.34. The molecule has 1 aromatic carbocycles. The lowest BCUT2D eigenvalue weighted by molar-refractivity contribution is 0.558. The van der Waals surface area contributed by atoms with Gasteiger partial charge in [-0.25, -0.2) is 8.78 Å². The van der Waals surface area contributed by atoms with Gasteiger partial charge in [0.1, 0.15) is 11.6 Å². The van der Waals surface area contributed by atoms with Crippen LogP contribution >= 0.6 is 0 Å². The van der Waals surface area contributed by atoms with Crippen LogP contribution in [0.1, 0.15) is 37.7 Å². The van der Waals surface area contributed by atoms with E-state index in [2.05, 4.69) is 11.4 Å². The monoisotopic (exact) mass is 251 g/mol. The Balaban J connectivity index is 1.73. The zero-order chi connectivity index (χ0) is 12.8. The van der Waals surface area contributed by atoms with E-state index in [0.29, 0.717) is 12.1 Å². The molecule has 0 spiro atoms. The molecule has 98 valence electrons. The van der Waals surface area contributed by atoms with Gasteiger partial charge in [0.05, 0.1) is 0 Å². The second-order valence-corrected chi connectivity index (χ2v) is 4.77. The predicted octanol–water partition coefficient (Wildman–Crippen LogP) is 3.94. The van der Waals surface area contributed by atoms with Crippen LogP contribution in [-0.2, 0) is 6.54 Å². The lowest BCUT2D eigenvalue weighted by Crippen LogP contribution is -2.16. The Kier molecular flexibility index (Phi) is 4.88. The molecule has 0 heterocycles. The molecule has 0 bridgehead atoms. The van der Waals surface area contributed by atoms with Crippen molar-refractivity contribution < 1.29 is 8.78 Å². The van der Waals surface area contributed by atoms with Crippen molar-refractivity contribution in [3.05, 3.63) is 47.0 Å². The molecular weight excluding hydrogens is 232 g/mol. The number of hydrogen-bond acceptors (Lipinski definition) is 1. The smallest absolute Gasteiger partial charge is 0.130 e. The van der Waals surface area contributed by atoms with Gasteiger partial charge in [-0.1, -0.05) is 17.7 Å². The molecular formula is C15H19F2N. The summed E-state index contributed by atoms with van der Waals surface area (Å²) in [6.45, 7) is 1.31. The third-order valence-electron chi connectivity index (χ3n) is 3.34. The quantitative estimate of drug-likeness (QED) is 0.617. The molecule has 18 heavy (non-hydrogen) atoms. The molecule has 0 aliphatic heterocycles. The lowest BCUT2D eigenvalue weighted by atomic mass is 9.97. The summed E-state index contributed by atoms with van der Waals surface area (Å²) in [7, 11) is 0. The highest BCUT2D eigenvalue weighted by Crippen LogP contribution is 2.19. The lowest BCUT2D eigenvalue weighted by Gasteiger charge is -2.13. The molecule has 0 unspecified atom stereocenters. The summed E-state index contributed by atoms with van der Waals surface area (Å²) in [4.78, 5) is 0. The van der Waals surface area contributed by atoms with Crippen molar-refractivity contribution in [3.63, 3.8) is 0 Å². The highest BCUT2D eigenvalue weighted by atomic mass is 19.1. The third-order valence-corrected chi connectivity index (χ3v) is 3.34. The van der Waals surface area contributed by atoms with Gasteiger partial charge in [0, 0.05) is 18.2 Å². The molecule has 1 aliphatic rings. The molecule has 3 heteroatoms. The minimum atomic E-state index is -0.524. The van der Waals surface area contributed by atoms with E-state index in [1.807, 2.05) is 0 Å². The van der Waals surface area contributed by atoms with Gasteiger partial charge in [-0.2, -0.15) is 0 Å². The van der Waals surface area contributed by atoms with E-state index >= 15 is 0 Å². The summed E-state index contributed by atoms with van der Waals surface area (Å²) in [5.74, 6) is -0.997. The van der Waals surface area contributed by atoms with Gasteiger partial charge in [0.2, 0.25) is 0 Å². The first kappa shape index (κ1) is 13.2. The zero-order valence-electron chi connectivity index (χ0n) is 10.5. The summed E-state index contributed by atoms with van der Waals surface area (Å²) < 4.78 is 26.1. The molecule has 0 aromatic heterocycles. The van der Waals surface area contributed by atoms with Crippen molar-refractivity contribution in [1.29, 1.82) is 0 Å². The average Bonchev–Trinajstić information content (AvgIpc) is 2.38. The van der Waals surface area contributed by atoms with Crippen molar-refractivity contribution in [2.24, 2.45) is 0 Å². The number of nitrogens with one attached hydrogen (secondary N) is 1. The Hall–Kier alpha value is -1.22. The molecule has 0 fully saturated rings. The molecule has 0 atom stereocenters. The number of benzene rings is 1. The van der Waals surface area contributed by atoms with E-state index in [1.54, 1.807) is 0 Å². The Labute approximate surface area is 107 Å². The van der Waals surface area contributed by atoms with E-state index in [9.17, 15) is 8.78 Å². The predicted molar refractivity (Wildman–Crippen MR) is 69.2 cm³/mol. The van der Waals surface area contributed by atoms with Gasteiger partial charge >= 0.3 is 0 Å². The van der Waals surface area contributed by atoms with E-state index in [-0.39, 0.29) is 0 Å². The normalized spacial score (nSPS) is 15.6. The van der Waals surface area contributed by atoms with Crippen LogP contribution in [0, 0.1) is 11.6 Å². The Morgan fingerprint density at radius 1 is 1.17 bits per heavy atom. The van der Waals surface area contributed by atoms with Crippen LogP contribution < -0.4 is 5.32 Å². The van der Waals surface area contributed by atoms with Crippen molar-refractivity contribution in [2.75, 3.05) is 6.54 Å². The van der Waals surface area contributed by atoms with Gasteiger partial charge in [-0.05, 0) is 44.7 Å². The molecule has 1 N–H and O–H groups in total. The first-order chi connectivity index (χ1) is 8.75. The highest BCUT2D eigenvalue weighted by molar-refractivity contribution is 5.18. The molecule has 1 nitrogen and oxygen atoms in total. The largest absolute Gasteiger partial charge is 0.312 e. The van der Waals surface area contributed by atoms with Crippen LogP contribution in [0.3, 0.4) is 0 Å². The molecule has 0 amide bonds. The summed E-state index contributed by atoms with van der Waals surface area (Å²) >= 11 is 0. The summed E-state index contributed by atoms with van der Waals surface area (Å²) in [5, 5.41) is 3.21. The molecule has 1 aliphatic carbocycles. The summed E-state index contributed by atoms with van der Waals surface area (Å²) in [6, 6.07) is 3.72. The zero-order valence-corrected chi connectivity index (χ0v) is 10.5. The Morgan fingerprint density at radius 3 is 2.78 bits per heavy atom. The van der Waals surface area contributed by atoms with Crippen LogP contribution in [0.2, 0.25) is 0 Å². The number of hydrogen-bond donors (Lipinski definition) is 1. The van der Waals surface area contributed by atoms with Gasteiger partial charge in [0.15, 0.2) is 0 Å². The third kappa shape index (κ3) is 3.91. The Bertz CT molecular complexity index is 427. The topological polar surface area (TPSA) is 12.0 Å². The van der Waals surface area contributed by atoms with Crippen molar-refractivity contribution in [3.8, 4) is 0 Å². The van der Waals surface area contributed by atoms with Gasteiger partial charge in [-0.15, -0.1) is 0 Å².